The lowest BCUT2D eigenvalue weighted by molar-refractivity contribution is 0.139. The highest BCUT2D eigenvalue weighted by Crippen LogP contribution is 2.45. The first-order chi connectivity index (χ1) is 12.2. The Bertz CT molecular complexity index is 808. The Hall–Kier alpha value is -2.69. The van der Waals surface area contributed by atoms with E-state index >= 15 is 0 Å². The van der Waals surface area contributed by atoms with Gasteiger partial charge in [0.25, 0.3) is 0 Å². The smallest absolute Gasteiger partial charge is 0.407 e. The Morgan fingerprint density at radius 1 is 1.08 bits per heavy atom. The van der Waals surface area contributed by atoms with E-state index in [4.69, 9.17) is 0 Å². The maximum Gasteiger partial charge on any atom is 0.407 e. The Morgan fingerprint density at radius 3 is 2.31 bits per heavy atom. The summed E-state index contributed by atoms with van der Waals surface area (Å²) in [6, 6.07) is 12.5. The van der Waals surface area contributed by atoms with Gasteiger partial charge in [-0.05, 0) is 29.0 Å². The SMILES string of the molecule is CC(C)(C)c1ccc(C2CC(c3cccc(O)c3O)N(C(=O)O)C2)cc1. The van der Waals surface area contributed by atoms with Gasteiger partial charge in [-0.15, -0.1) is 0 Å². The van der Waals surface area contributed by atoms with Crippen LogP contribution in [0.4, 0.5) is 4.79 Å². The van der Waals surface area contributed by atoms with E-state index in [0.29, 0.717) is 18.5 Å². The van der Waals surface area contributed by atoms with E-state index in [1.54, 1.807) is 12.1 Å². The van der Waals surface area contributed by atoms with Crippen molar-refractivity contribution in [3.05, 3.63) is 59.2 Å². The van der Waals surface area contributed by atoms with Gasteiger partial charge in [-0.25, -0.2) is 4.79 Å². The zero-order valence-corrected chi connectivity index (χ0v) is 15.3. The van der Waals surface area contributed by atoms with Gasteiger partial charge in [0.2, 0.25) is 0 Å². The fourth-order valence-electron chi connectivity index (χ4n) is 3.66. The molecule has 1 heterocycles. The lowest BCUT2D eigenvalue weighted by Gasteiger charge is -2.22. The molecule has 1 aliphatic rings. The van der Waals surface area contributed by atoms with Crippen molar-refractivity contribution in [2.75, 3.05) is 6.54 Å². The van der Waals surface area contributed by atoms with Gasteiger partial charge < -0.3 is 20.2 Å². The second kappa shape index (κ2) is 6.56. The predicted octanol–water partition coefficient (Wildman–Crippen LogP) is 4.60. The van der Waals surface area contributed by atoms with Crippen LogP contribution in [-0.4, -0.2) is 32.9 Å². The van der Waals surface area contributed by atoms with E-state index in [9.17, 15) is 20.1 Å². The fourth-order valence-corrected chi connectivity index (χ4v) is 3.66. The highest BCUT2D eigenvalue weighted by Gasteiger charge is 2.38. The van der Waals surface area contributed by atoms with Gasteiger partial charge in [-0.2, -0.15) is 0 Å². The predicted molar refractivity (Wildman–Crippen MR) is 99.7 cm³/mol. The number of nitrogens with zero attached hydrogens (tertiary/aromatic N) is 1. The van der Waals surface area contributed by atoms with Gasteiger partial charge >= 0.3 is 6.09 Å². The van der Waals surface area contributed by atoms with Gasteiger partial charge in [0.1, 0.15) is 0 Å². The van der Waals surface area contributed by atoms with Gasteiger partial charge in [-0.3, -0.25) is 0 Å². The van der Waals surface area contributed by atoms with Gasteiger partial charge in [0.15, 0.2) is 11.5 Å². The first kappa shape index (κ1) is 18.1. The van der Waals surface area contributed by atoms with Crippen LogP contribution in [0.1, 0.15) is 55.8 Å². The molecule has 3 N–H and O–H groups in total. The molecule has 1 amide bonds. The number of carboxylic acid groups (broad SMARTS) is 1. The first-order valence-corrected chi connectivity index (χ1v) is 8.79. The fraction of sp³-hybridized carbons (Fsp3) is 0.381. The van der Waals surface area contributed by atoms with E-state index in [2.05, 4.69) is 45.0 Å². The number of aromatic hydroxyl groups is 2. The lowest BCUT2D eigenvalue weighted by atomic mass is 9.85. The number of hydrogen-bond donors (Lipinski definition) is 3. The van der Waals surface area contributed by atoms with E-state index in [0.717, 1.165) is 5.56 Å². The minimum atomic E-state index is -1.02. The third kappa shape index (κ3) is 3.34. The molecule has 2 atom stereocenters. The van der Waals surface area contributed by atoms with Crippen LogP contribution in [0.5, 0.6) is 11.5 Å². The quantitative estimate of drug-likeness (QED) is 0.688. The van der Waals surface area contributed by atoms with Crippen LogP contribution in [0.25, 0.3) is 0 Å². The monoisotopic (exact) mass is 355 g/mol. The first-order valence-electron chi connectivity index (χ1n) is 8.79. The molecule has 0 saturated carbocycles. The number of carbonyl (C=O) groups is 1. The third-order valence-electron chi connectivity index (χ3n) is 5.20. The number of para-hydroxylation sites is 1. The Labute approximate surface area is 153 Å². The Morgan fingerprint density at radius 2 is 1.73 bits per heavy atom. The van der Waals surface area contributed by atoms with Crippen LogP contribution in [0.2, 0.25) is 0 Å². The molecule has 0 bridgehead atoms. The number of hydrogen-bond acceptors (Lipinski definition) is 3. The maximum atomic E-state index is 11.7. The van der Waals surface area contributed by atoms with Crippen LogP contribution in [-0.2, 0) is 5.41 Å². The molecule has 0 aliphatic carbocycles. The summed E-state index contributed by atoms with van der Waals surface area (Å²) in [5, 5.41) is 29.5. The zero-order chi connectivity index (χ0) is 19.1. The summed E-state index contributed by atoms with van der Waals surface area (Å²) in [6.07, 6.45) is -0.454. The molecule has 0 radical (unpaired) electrons. The van der Waals surface area contributed by atoms with Crippen LogP contribution < -0.4 is 0 Å². The number of rotatable bonds is 2. The molecule has 2 aromatic carbocycles. The van der Waals surface area contributed by atoms with Crippen molar-refractivity contribution in [2.45, 2.75) is 44.6 Å². The molecule has 138 valence electrons. The molecule has 5 heteroatoms. The highest BCUT2D eigenvalue weighted by molar-refractivity contribution is 5.67. The van der Waals surface area contributed by atoms with Gasteiger partial charge in [-0.1, -0.05) is 57.2 Å². The second-order valence-corrected chi connectivity index (χ2v) is 7.97. The summed E-state index contributed by atoms with van der Waals surface area (Å²) in [6.45, 7) is 6.84. The molecule has 0 aromatic heterocycles. The van der Waals surface area contributed by atoms with Crippen LogP contribution in [0.3, 0.4) is 0 Å². The van der Waals surface area contributed by atoms with E-state index in [-0.39, 0.29) is 22.8 Å². The summed E-state index contributed by atoms with van der Waals surface area (Å²) in [7, 11) is 0. The van der Waals surface area contributed by atoms with Crippen molar-refractivity contribution in [2.24, 2.45) is 0 Å². The topological polar surface area (TPSA) is 81.0 Å². The largest absolute Gasteiger partial charge is 0.504 e. The normalized spacial score (nSPS) is 20.3. The van der Waals surface area contributed by atoms with Crippen LogP contribution in [0.15, 0.2) is 42.5 Å². The average molecular weight is 355 g/mol. The van der Waals surface area contributed by atoms with E-state index < -0.39 is 12.1 Å². The summed E-state index contributed by atoms with van der Waals surface area (Å²) < 4.78 is 0. The molecule has 3 rings (SSSR count). The summed E-state index contributed by atoms with van der Waals surface area (Å²) in [5.74, 6) is -0.426. The van der Waals surface area contributed by atoms with Gasteiger partial charge in [0.05, 0.1) is 6.04 Å². The molecule has 1 fully saturated rings. The molecule has 1 aliphatic heterocycles. The summed E-state index contributed by atoms with van der Waals surface area (Å²) in [5.41, 5.74) is 2.83. The molecule has 2 unspecified atom stereocenters. The highest BCUT2D eigenvalue weighted by atomic mass is 16.4. The van der Waals surface area contributed by atoms with E-state index in [1.807, 2.05) is 0 Å². The maximum absolute atomic E-state index is 11.7. The minimum absolute atomic E-state index is 0.0480. The number of amides is 1. The van der Waals surface area contributed by atoms with Crippen LogP contribution in [0, 0.1) is 0 Å². The number of phenols is 2. The Kier molecular flexibility index (Phi) is 4.57. The van der Waals surface area contributed by atoms with Crippen molar-refractivity contribution in [1.82, 2.24) is 4.90 Å². The second-order valence-electron chi connectivity index (χ2n) is 7.97. The van der Waals surface area contributed by atoms with Crippen LogP contribution >= 0.6 is 0 Å². The molecule has 0 spiro atoms. The van der Waals surface area contributed by atoms with Crippen molar-refractivity contribution < 1.29 is 20.1 Å². The number of likely N-dealkylation sites (tertiary alicyclic amines) is 1. The summed E-state index contributed by atoms with van der Waals surface area (Å²) in [4.78, 5) is 13.1. The lowest BCUT2D eigenvalue weighted by Crippen LogP contribution is -2.29. The van der Waals surface area contributed by atoms with E-state index in [1.165, 1.54) is 16.5 Å². The zero-order valence-electron chi connectivity index (χ0n) is 15.3. The molecule has 1 saturated heterocycles. The van der Waals surface area contributed by atoms with Crippen molar-refractivity contribution >= 4 is 6.09 Å². The van der Waals surface area contributed by atoms with Crippen molar-refractivity contribution in [3.63, 3.8) is 0 Å². The standard InChI is InChI=1S/C21H25NO4/c1-21(2,3)15-9-7-13(8-10-15)14-11-17(22(12-14)20(25)26)16-5-4-6-18(23)19(16)24/h4-10,14,17,23-24H,11-12H2,1-3H3,(H,25,26). The molecular formula is C21H25NO4. The number of phenolic OH excluding ortho intramolecular Hbond substituents is 2. The van der Waals surface area contributed by atoms with Crippen molar-refractivity contribution in [1.29, 1.82) is 0 Å². The minimum Gasteiger partial charge on any atom is -0.504 e. The molecule has 2 aromatic rings. The molecular weight excluding hydrogens is 330 g/mol. The molecule has 26 heavy (non-hydrogen) atoms. The third-order valence-corrected chi connectivity index (χ3v) is 5.20. The van der Waals surface area contributed by atoms with Gasteiger partial charge in [0, 0.05) is 18.0 Å². The Balaban J connectivity index is 1.90. The van der Waals surface area contributed by atoms with Crippen molar-refractivity contribution in [3.8, 4) is 11.5 Å². The average Bonchev–Trinajstić information content (AvgIpc) is 3.02. The summed E-state index contributed by atoms with van der Waals surface area (Å²) >= 11 is 0. The molecule has 5 nitrogen and oxygen atoms in total. The number of benzene rings is 2.